The second-order valence-corrected chi connectivity index (χ2v) is 3.92. The van der Waals surface area contributed by atoms with Gasteiger partial charge in [0, 0.05) is 6.20 Å². The molecular weight excluding hydrogens is 270 g/mol. The summed E-state index contributed by atoms with van der Waals surface area (Å²) in [6.45, 7) is 1.87. The first-order valence-electron chi connectivity index (χ1n) is 4.34. The molecule has 16 heavy (non-hydrogen) atoms. The fraction of sp³-hybridized carbons (Fsp3) is 0.0909. The minimum atomic E-state index is -0.0583. The van der Waals surface area contributed by atoms with Gasteiger partial charge in [0.25, 0.3) is 0 Å². The first-order valence-corrected chi connectivity index (χ1v) is 5.13. The molecule has 1 aromatic rings. The van der Waals surface area contributed by atoms with Crippen LogP contribution in [0, 0.1) is 29.6 Å². The second-order valence-electron chi connectivity index (χ2n) is 3.07. The Morgan fingerprint density at radius 3 is 2.62 bits per heavy atom. The highest BCUT2D eigenvalue weighted by Gasteiger charge is 2.05. The Morgan fingerprint density at radius 2 is 2.06 bits per heavy atom. The lowest BCUT2D eigenvalue weighted by Gasteiger charge is -2.07. The number of hydrogen-bond donors (Lipinski definition) is 2. The zero-order chi connectivity index (χ0) is 12.1. The molecule has 0 spiro atoms. The Morgan fingerprint density at radius 1 is 1.44 bits per heavy atom. The van der Waals surface area contributed by atoms with Gasteiger partial charge >= 0.3 is 0 Å². The van der Waals surface area contributed by atoms with Crippen molar-refractivity contribution >= 4 is 21.6 Å². The Hall–Kier alpha value is -1.98. The molecule has 0 bridgehead atoms. The molecule has 0 aliphatic heterocycles. The smallest absolute Gasteiger partial charge is 0.153 e. The standard InChI is InChI=1S/C11H8BrN3O/c1-7-2-9(12)11(16)10(3-7)15-6-8(4-13)5-14/h2-3,6,15-16H,1H3. The number of halogens is 1. The van der Waals surface area contributed by atoms with Crippen molar-refractivity contribution in [2.45, 2.75) is 6.92 Å². The van der Waals surface area contributed by atoms with Crippen LogP contribution in [0.3, 0.4) is 0 Å². The summed E-state index contributed by atoms with van der Waals surface area (Å²) in [6.07, 6.45) is 1.25. The maximum absolute atomic E-state index is 9.68. The van der Waals surface area contributed by atoms with Gasteiger partial charge in [-0.3, -0.25) is 0 Å². The molecule has 1 rings (SSSR count). The molecule has 80 valence electrons. The zero-order valence-electron chi connectivity index (χ0n) is 8.45. The molecule has 0 saturated heterocycles. The van der Waals surface area contributed by atoms with Crippen molar-refractivity contribution in [3.05, 3.63) is 33.9 Å². The summed E-state index contributed by atoms with van der Waals surface area (Å²) in [6, 6.07) is 6.90. The van der Waals surface area contributed by atoms with Crippen molar-refractivity contribution in [2.75, 3.05) is 5.32 Å². The number of aromatic hydroxyl groups is 1. The van der Waals surface area contributed by atoms with Gasteiger partial charge in [0.15, 0.2) is 5.75 Å². The number of phenols is 1. The summed E-state index contributed by atoms with van der Waals surface area (Å²) in [7, 11) is 0. The van der Waals surface area contributed by atoms with Crippen LogP contribution in [0.4, 0.5) is 5.69 Å². The van der Waals surface area contributed by atoms with Crippen molar-refractivity contribution in [1.82, 2.24) is 0 Å². The van der Waals surface area contributed by atoms with Crippen LogP contribution in [0.2, 0.25) is 0 Å². The number of nitrogens with one attached hydrogen (secondary N) is 1. The average molecular weight is 278 g/mol. The largest absolute Gasteiger partial charge is 0.505 e. The van der Waals surface area contributed by atoms with Crippen LogP contribution in [0.1, 0.15) is 5.56 Å². The topological polar surface area (TPSA) is 79.8 Å². The van der Waals surface area contributed by atoms with E-state index in [2.05, 4.69) is 21.2 Å². The van der Waals surface area contributed by atoms with Crippen LogP contribution in [0.5, 0.6) is 5.75 Å². The highest BCUT2D eigenvalue weighted by Crippen LogP contribution is 2.33. The minimum absolute atomic E-state index is 0.0390. The zero-order valence-corrected chi connectivity index (χ0v) is 10.0. The van der Waals surface area contributed by atoms with Gasteiger partial charge in [-0.2, -0.15) is 10.5 Å². The number of hydrogen-bond acceptors (Lipinski definition) is 4. The van der Waals surface area contributed by atoms with Crippen molar-refractivity contribution in [3.63, 3.8) is 0 Å². The third-order valence-electron chi connectivity index (χ3n) is 1.82. The highest BCUT2D eigenvalue weighted by molar-refractivity contribution is 9.10. The SMILES string of the molecule is Cc1cc(Br)c(O)c(NC=C(C#N)C#N)c1. The molecule has 0 heterocycles. The molecule has 4 nitrogen and oxygen atoms in total. The number of aryl methyl sites for hydroxylation is 1. The van der Waals surface area contributed by atoms with Crippen LogP contribution < -0.4 is 5.32 Å². The van der Waals surface area contributed by atoms with Crippen LogP contribution in [0.25, 0.3) is 0 Å². The monoisotopic (exact) mass is 277 g/mol. The number of rotatable bonds is 2. The summed E-state index contributed by atoms with van der Waals surface area (Å²) >= 11 is 3.20. The van der Waals surface area contributed by atoms with E-state index in [4.69, 9.17) is 10.5 Å². The van der Waals surface area contributed by atoms with E-state index in [0.717, 1.165) is 5.56 Å². The fourth-order valence-corrected chi connectivity index (χ4v) is 1.66. The molecule has 0 atom stereocenters. The summed E-state index contributed by atoms with van der Waals surface area (Å²) in [5, 5.41) is 29.4. The molecule has 0 saturated carbocycles. The second kappa shape index (κ2) is 5.20. The molecule has 0 aromatic heterocycles. The molecule has 1 aromatic carbocycles. The fourth-order valence-electron chi connectivity index (χ4n) is 1.08. The summed E-state index contributed by atoms with van der Waals surface area (Å²) in [5.74, 6) is 0.0390. The molecule has 0 radical (unpaired) electrons. The van der Waals surface area contributed by atoms with Crippen LogP contribution in [-0.2, 0) is 0 Å². The van der Waals surface area contributed by atoms with E-state index in [1.54, 1.807) is 24.3 Å². The molecule has 0 unspecified atom stereocenters. The number of nitriles is 2. The van der Waals surface area contributed by atoms with Crippen molar-refractivity contribution in [3.8, 4) is 17.9 Å². The van der Waals surface area contributed by atoms with E-state index in [1.807, 2.05) is 6.92 Å². The van der Waals surface area contributed by atoms with Gasteiger partial charge < -0.3 is 10.4 Å². The van der Waals surface area contributed by atoms with Gasteiger partial charge in [0.1, 0.15) is 17.7 Å². The van der Waals surface area contributed by atoms with Crippen LogP contribution >= 0.6 is 15.9 Å². The summed E-state index contributed by atoms with van der Waals surface area (Å²) in [4.78, 5) is 0. The van der Waals surface area contributed by atoms with Crippen LogP contribution in [-0.4, -0.2) is 5.11 Å². The van der Waals surface area contributed by atoms with E-state index < -0.39 is 0 Å². The minimum Gasteiger partial charge on any atom is -0.505 e. The maximum atomic E-state index is 9.68. The number of anilines is 1. The summed E-state index contributed by atoms with van der Waals surface area (Å²) < 4.78 is 0.555. The molecule has 0 fully saturated rings. The van der Waals surface area contributed by atoms with Gasteiger partial charge in [-0.15, -0.1) is 0 Å². The first-order chi connectivity index (χ1) is 7.58. The van der Waals surface area contributed by atoms with Crippen molar-refractivity contribution in [1.29, 1.82) is 10.5 Å². The van der Waals surface area contributed by atoms with Crippen molar-refractivity contribution < 1.29 is 5.11 Å². The lowest BCUT2D eigenvalue weighted by Crippen LogP contribution is -1.91. The first kappa shape index (κ1) is 12.1. The third kappa shape index (κ3) is 2.75. The van der Waals surface area contributed by atoms with Gasteiger partial charge in [-0.1, -0.05) is 0 Å². The van der Waals surface area contributed by atoms with E-state index in [9.17, 15) is 5.11 Å². The average Bonchev–Trinajstić information content (AvgIpc) is 2.26. The van der Waals surface area contributed by atoms with Crippen molar-refractivity contribution in [2.24, 2.45) is 0 Å². The van der Waals surface area contributed by atoms with E-state index >= 15 is 0 Å². The Labute approximate surface area is 102 Å². The molecular formula is C11H8BrN3O. The predicted molar refractivity (Wildman–Crippen MR) is 63.5 cm³/mol. The Bertz CT molecular complexity index is 507. The number of allylic oxidation sites excluding steroid dienone is 1. The summed E-state index contributed by atoms with van der Waals surface area (Å²) in [5.41, 5.74) is 1.32. The number of nitrogens with zero attached hydrogens (tertiary/aromatic N) is 2. The van der Waals surface area contributed by atoms with Gasteiger partial charge in [0.2, 0.25) is 0 Å². The quantitative estimate of drug-likeness (QED) is 0.644. The molecule has 0 aliphatic carbocycles. The number of phenolic OH excluding ortho intramolecular Hbond substituents is 1. The van der Waals surface area contributed by atoms with Gasteiger partial charge in [0.05, 0.1) is 10.2 Å². The Kier molecular flexibility index (Phi) is 3.93. The van der Waals surface area contributed by atoms with E-state index in [1.165, 1.54) is 6.20 Å². The number of benzene rings is 1. The third-order valence-corrected chi connectivity index (χ3v) is 2.43. The molecule has 0 aliphatic rings. The normalized spacial score (nSPS) is 8.75. The predicted octanol–water partition coefficient (Wildman–Crippen LogP) is 2.81. The molecule has 0 amide bonds. The maximum Gasteiger partial charge on any atom is 0.153 e. The van der Waals surface area contributed by atoms with Gasteiger partial charge in [-0.25, -0.2) is 0 Å². The lowest BCUT2D eigenvalue weighted by atomic mass is 10.2. The van der Waals surface area contributed by atoms with E-state index in [-0.39, 0.29) is 11.3 Å². The van der Waals surface area contributed by atoms with Gasteiger partial charge in [-0.05, 0) is 40.5 Å². The Balaban J connectivity index is 3.05. The lowest BCUT2D eigenvalue weighted by molar-refractivity contribution is 0.474. The van der Waals surface area contributed by atoms with Crippen LogP contribution in [0.15, 0.2) is 28.4 Å². The molecule has 5 heteroatoms. The van der Waals surface area contributed by atoms with E-state index in [0.29, 0.717) is 10.2 Å². The molecule has 2 N–H and O–H groups in total. The highest BCUT2D eigenvalue weighted by atomic mass is 79.9.